The number of methoxy groups -OCH3 is 2. The first-order valence-electron chi connectivity index (χ1n) is 9.72. The Hall–Kier alpha value is -3.15. The molecular formula is C21H24N2O8S. The summed E-state index contributed by atoms with van der Waals surface area (Å²) in [5, 5.41) is 2.56. The molecule has 1 fully saturated rings. The molecule has 1 N–H and O–H groups in total. The normalized spacial score (nSPS) is 14.4. The van der Waals surface area contributed by atoms with E-state index < -0.39 is 28.5 Å². The number of morpholine rings is 1. The summed E-state index contributed by atoms with van der Waals surface area (Å²) in [6.45, 7) is 0.767. The summed E-state index contributed by atoms with van der Waals surface area (Å²) in [7, 11) is -0.787. The van der Waals surface area contributed by atoms with Crippen molar-refractivity contribution in [3.63, 3.8) is 0 Å². The number of rotatable bonds is 8. The smallest absolute Gasteiger partial charge is 0.342 e. The van der Waals surface area contributed by atoms with Gasteiger partial charge in [0.15, 0.2) is 18.1 Å². The van der Waals surface area contributed by atoms with Crippen LogP contribution in [0.1, 0.15) is 10.4 Å². The summed E-state index contributed by atoms with van der Waals surface area (Å²) in [6.07, 6.45) is 0. The first-order chi connectivity index (χ1) is 15.4. The maximum atomic E-state index is 12.6. The van der Waals surface area contributed by atoms with Crippen molar-refractivity contribution in [1.82, 2.24) is 4.31 Å². The van der Waals surface area contributed by atoms with Crippen LogP contribution in [0.4, 0.5) is 5.69 Å². The van der Waals surface area contributed by atoms with Crippen LogP contribution in [0.25, 0.3) is 0 Å². The van der Waals surface area contributed by atoms with Crippen molar-refractivity contribution in [2.24, 2.45) is 0 Å². The number of esters is 1. The molecule has 10 nitrogen and oxygen atoms in total. The SMILES string of the molecule is COc1cccc(C(=O)OCC(=O)Nc2ccc(S(=O)(=O)N3CCOCC3)cc2)c1OC. The molecule has 2 aromatic rings. The highest BCUT2D eigenvalue weighted by atomic mass is 32.2. The van der Waals surface area contributed by atoms with Crippen LogP contribution >= 0.6 is 0 Å². The van der Waals surface area contributed by atoms with Gasteiger partial charge in [-0.25, -0.2) is 13.2 Å². The summed E-state index contributed by atoms with van der Waals surface area (Å²) >= 11 is 0. The average Bonchev–Trinajstić information content (AvgIpc) is 2.82. The van der Waals surface area contributed by atoms with Gasteiger partial charge in [0.1, 0.15) is 5.56 Å². The molecule has 0 bridgehead atoms. The Labute approximate surface area is 186 Å². The number of carbonyl (C=O) groups is 2. The van der Waals surface area contributed by atoms with E-state index in [0.29, 0.717) is 37.7 Å². The summed E-state index contributed by atoms with van der Waals surface area (Å²) in [5.74, 6) is -0.761. The van der Waals surface area contributed by atoms with Crippen LogP contribution < -0.4 is 14.8 Å². The number of ether oxygens (including phenoxy) is 4. The standard InChI is InChI=1S/C21H24N2O8S/c1-28-18-5-3-4-17(20(18)29-2)21(25)31-14-19(24)22-15-6-8-16(9-7-15)32(26,27)23-10-12-30-13-11-23/h3-9H,10-14H2,1-2H3,(H,22,24). The van der Waals surface area contributed by atoms with Crippen molar-refractivity contribution in [2.75, 3.05) is 52.4 Å². The van der Waals surface area contributed by atoms with Gasteiger partial charge in [-0.1, -0.05) is 6.07 Å². The number of sulfonamides is 1. The Balaban J connectivity index is 1.58. The quantitative estimate of drug-likeness (QED) is 0.584. The second-order valence-corrected chi connectivity index (χ2v) is 8.64. The van der Waals surface area contributed by atoms with E-state index in [1.807, 2.05) is 0 Å². The van der Waals surface area contributed by atoms with Crippen molar-refractivity contribution in [1.29, 1.82) is 0 Å². The van der Waals surface area contributed by atoms with E-state index in [-0.39, 0.29) is 16.2 Å². The lowest BCUT2D eigenvalue weighted by molar-refractivity contribution is -0.119. The molecule has 1 aliphatic rings. The van der Waals surface area contributed by atoms with Gasteiger partial charge in [0.05, 0.1) is 32.3 Å². The predicted molar refractivity (Wildman–Crippen MR) is 114 cm³/mol. The van der Waals surface area contributed by atoms with Gasteiger partial charge in [0.25, 0.3) is 5.91 Å². The summed E-state index contributed by atoms with van der Waals surface area (Å²) < 4.78 is 47.2. The van der Waals surface area contributed by atoms with E-state index in [1.54, 1.807) is 12.1 Å². The first kappa shape index (κ1) is 23.5. The minimum absolute atomic E-state index is 0.119. The van der Waals surface area contributed by atoms with E-state index in [9.17, 15) is 18.0 Å². The fourth-order valence-electron chi connectivity index (χ4n) is 3.10. The second-order valence-electron chi connectivity index (χ2n) is 6.71. The number of amides is 1. The lowest BCUT2D eigenvalue weighted by Crippen LogP contribution is -2.40. The number of para-hydroxylation sites is 1. The lowest BCUT2D eigenvalue weighted by Gasteiger charge is -2.26. The number of carbonyl (C=O) groups excluding carboxylic acids is 2. The van der Waals surface area contributed by atoms with Crippen LogP contribution in [0.2, 0.25) is 0 Å². The van der Waals surface area contributed by atoms with E-state index in [2.05, 4.69) is 5.32 Å². The lowest BCUT2D eigenvalue weighted by atomic mass is 10.2. The van der Waals surface area contributed by atoms with Crippen LogP contribution in [0.5, 0.6) is 11.5 Å². The number of hydrogen-bond donors (Lipinski definition) is 1. The van der Waals surface area contributed by atoms with Crippen molar-refractivity contribution >= 4 is 27.6 Å². The van der Waals surface area contributed by atoms with Crippen LogP contribution in [-0.4, -0.2) is 71.7 Å². The molecule has 1 saturated heterocycles. The van der Waals surface area contributed by atoms with Crippen molar-refractivity contribution in [3.8, 4) is 11.5 Å². The molecule has 0 atom stereocenters. The molecular weight excluding hydrogens is 440 g/mol. The van der Waals surface area contributed by atoms with Crippen LogP contribution in [0.15, 0.2) is 47.4 Å². The van der Waals surface area contributed by atoms with Gasteiger partial charge < -0.3 is 24.3 Å². The van der Waals surface area contributed by atoms with Gasteiger partial charge in [-0.3, -0.25) is 4.79 Å². The zero-order valence-electron chi connectivity index (χ0n) is 17.7. The molecule has 1 aliphatic heterocycles. The monoisotopic (exact) mass is 464 g/mol. The zero-order valence-corrected chi connectivity index (χ0v) is 18.5. The van der Waals surface area contributed by atoms with Crippen molar-refractivity contribution < 1.29 is 37.0 Å². The fourth-order valence-corrected chi connectivity index (χ4v) is 4.51. The molecule has 0 aromatic heterocycles. The number of nitrogens with zero attached hydrogens (tertiary/aromatic N) is 1. The third-order valence-corrected chi connectivity index (χ3v) is 6.62. The molecule has 11 heteroatoms. The number of benzene rings is 2. The molecule has 1 amide bonds. The number of anilines is 1. The number of nitrogens with one attached hydrogen (secondary N) is 1. The molecule has 0 unspecified atom stereocenters. The fraction of sp³-hybridized carbons (Fsp3) is 0.333. The molecule has 0 saturated carbocycles. The topological polar surface area (TPSA) is 120 Å². The number of hydrogen-bond acceptors (Lipinski definition) is 8. The van der Waals surface area contributed by atoms with Gasteiger partial charge in [-0.2, -0.15) is 4.31 Å². The summed E-state index contributed by atoms with van der Waals surface area (Å²) in [6, 6.07) is 10.5. The third kappa shape index (κ3) is 5.36. The molecule has 2 aromatic carbocycles. The highest BCUT2D eigenvalue weighted by Gasteiger charge is 2.26. The van der Waals surface area contributed by atoms with Gasteiger partial charge in [0, 0.05) is 18.8 Å². The van der Waals surface area contributed by atoms with Gasteiger partial charge in [-0.15, -0.1) is 0 Å². The van der Waals surface area contributed by atoms with Crippen molar-refractivity contribution in [2.45, 2.75) is 4.90 Å². The Morgan fingerprint density at radius 2 is 1.72 bits per heavy atom. The molecule has 1 heterocycles. The minimum atomic E-state index is -3.62. The van der Waals surface area contributed by atoms with Crippen LogP contribution in [0.3, 0.4) is 0 Å². The molecule has 0 radical (unpaired) electrons. The van der Waals surface area contributed by atoms with Gasteiger partial charge in [0.2, 0.25) is 10.0 Å². The maximum absolute atomic E-state index is 12.6. The zero-order chi connectivity index (χ0) is 23.1. The third-order valence-electron chi connectivity index (χ3n) is 4.70. The van der Waals surface area contributed by atoms with Gasteiger partial charge >= 0.3 is 5.97 Å². The molecule has 32 heavy (non-hydrogen) atoms. The van der Waals surface area contributed by atoms with E-state index in [0.717, 1.165) is 0 Å². The second kappa shape index (κ2) is 10.4. The summed E-state index contributed by atoms with van der Waals surface area (Å²) in [5.41, 5.74) is 0.489. The highest BCUT2D eigenvalue weighted by Crippen LogP contribution is 2.31. The average molecular weight is 464 g/mol. The van der Waals surface area contributed by atoms with Crippen LogP contribution in [-0.2, 0) is 24.3 Å². The van der Waals surface area contributed by atoms with Crippen LogP contribution in [0, 0.1) is 0 Å². The van der Waals surface area contributed by atoms with Crippen molar-refractivity contribution in [3.05, 3.63) is 48.0 Å². The van der Waals surface area contributed by atoms with E-state index in [1.165, 1.54) is 48.9 Å². The summed E-state index contributed by atoms with van der Waals surface area (Å²) in [4.78, 5) is 24.6. The Kier molecular flexibility index (Phi) is 7.67. The largest absolute Gasteiger partial charge is 0.493 e. The maximum Gasteiger partial charge on any atom is 0.342 e. The molecule has 0 spiro atoms. The highest BCUT2D eigenvalue weighted by molar-refractivity contribution is 7.89. The minimum Gasteiger partial charge on any atom is -0.493 e. The molecule has 0 aliphatic carbocycles. The molecule has 172 valence electrons. The predicted octanol–water partition coefficient (Wildman–Crippen LogP) is 1.52. The van der Waals surface area contributed by atoms with E-state index in [4.69, 9.17) is 18.9 Å². The Morgan fingerprint density at radius 1 is 1.03 bits per heavy atom. The molecule has 3 rings (SSSR count). The Morgan fingerprint density at radius 3 is 2.34 bits per heavy atom. The Bertz CT molecular complexity index is 1060. The first-order valence-corrected chi connectivity index (χ1v) is 11.2. The van der Waals surface area contributed by atoms with E-state index >= 15 is 0 Å². The van der Waals surface area contributed by atoms with Gasteiger partial charge in [-0.05, 0) is 36.4 Å².